The number of hydrogen-bond donors (Lipinski definition) is 0. The van der Waals surface area contributed by atoms with Crippen LogP contribution in [0.5, 0.6) is 0 Å². The van der Waals surface area contributed by atoms with Gasteiger partial charge in [0.15, 0.2) is 0 Å². The van der Waals surface area contributed by atoms with E-state index in [9.17, 15) is 0 Å². The van der Waals surface area contributed by atoms with Gasteiger partial charge in [0.1, 0.15) is 0 Å². The smallest absolute Gasteiger partial charge is 0.0564 e. The Morgan fingerprint density at radius 1 is 0.385 bits per heavy atom. The molecule has 3 aromatic carbocycles. The Balaban J connectivity index is 1.90. The van der Waals surface area contributed by atoms with E-state index in [-0.39, 0.29) is 19.3 Å². The van der Waals surface area contributed by atoms with E-state index in [1.54, 1.807) is 0 Å². The van der Waals surface area contributed by atoms with Gasteiger partial charge in [-0.15, -0.1) is 0 Å². The second kappa shape index (κ2) is 9.68. The highest BCUT2D eigenvalue weighted by molar-refractivity contribution is 9.12. The lowest BCUT2D eigenvalue weighted by Gasteiger charge is -2.25. The van der Waals surface area contributed by atoms with Crippen LogP contribution < -0.4 is 0 Å². The molecule has 0 nitrogen and oxygen atoms in total. The van der Waals surface area contributed by atoms with Crippen molar-refractivity contribution in [2.75, 3.05) is 0 Å². The van der Waals surface area contributed by atoms with E-state index in [1.807, 2.05) is 12.1 Å². The average Bonchev–Trinajstić information content (AvgIpc) is 2.73. The van der Waals surface area contributed by atoms with Crippen LogP contribution in [0.2, 0.25) is 0 Å². The summed E-state index contributed by atoms with van der Waals surface area (Å²) in [5.74, 6) is 0. The molecule has 0 amide bonds. The van der Waals surface area contributed by atoms with Gasteiger partial charge in [-0.1, -0.05) is 149 Å². The van der Waals surface area contributed by atoms with Gasteiger partial charge in [0, 0.05) is 0 Å². The summed E-state index contributed by atoms with van der Waals surface area (Å²) < 4.78 is 0. The molecule has 0 saturated carbocycles. The van der Waals surface area contributed by atoms with Crippen LogP contribution in [0.4, 0.5) is 0 Å². The maximum Gasteiger partial charge on any atom is 0.0564 e. The lowest BCUT2D eigenvalue weighted by Crippen LogP contribution is -2.07. The maximum absolute atomic E-state index is 3.93. The van der Waals surface area contributed by atoms with Gasteiger partial charge >= 0.3 is 0 Å². The van der Waals surface area contributed by atoms with E-state index < -0.39 is 0 Å². The summed E-state index contributed by atoms with van der Waals surface area (Å²) in [5, 5.41) is 0. The molecule has 0 aliphatic carbocycles. The van der Waals surface area contributed by atoms with Crippen LogP contribution in [0, 0.1) is 0 Å². The van der Waals surface area contributed by atoms with Crippen molar-refractivity contribution < 1.29 is 0 Å². The Kier molecular flexibility index (Phi) is 7.56. The van der Waals surface area contributed by atoms with Crippen molar-refractivity contribution in [1.29, 1.82) is 0 Å². The topological polar surface area (TPSA) is 0 Å². The monoisotopic (exact) mass is 598 g/mol. The van der Waals surface area contributed by atoms with Crippen molar-refractivity contribution in [3.8, 4) is 0 Å². The van der Waals surface area contributed by atoms with Gasteiger partial charge in [0.05, 0.1) is 19.3 Å². The first-order valence-electron chi connectivity index (χ1n) is 8.34. The first kappa shape index (κ1) is 20.3. The summed E-state index contributed by atoms with van der Waals surface area (Å²) in [5.41, 5.74) is 5.07. The van der Waals surface area contributed by atoms with Crippen molar-refractivity contribution in [3.05, 3.63) is 107 Å². The van der Waals surface area contributed by atoms with Crippen LogP contribution in [-0.4, -0.2) is 0 Å². The Hall–Kier alpha value is -0.420. The molecule has 26 heavy (non-hydrogen) atoms. The third-order valence-corrected chi connectivity index (χ3v) is 9.92. The zero-order chi connectivity index (χ0) is 18.5. The fourth-order valence-electron chi connectivity index (χ4n) is 2.94. The number of halogens is 4. The minimum atomic E-state index is 0.164. The molecular formula is C22H18Br4. The SMILES string of the molecule is Br[C@H](c1ccccc1)[C@@H](Br)c1ccccc1[C@H](Br)[C@H](Br)c1ccccc1. The Bertz CT molecular complexity index is 749. The van der Waals surface area contributed by atoms with Crippen LogP contribution in [0.25, 0.3) is 0 Å². The highest BCUT2D eigenvalue weighted by Gasteiger charge is 2.27. The number of hydrogen-bond acceptors (Lipinski definition) is 0. The summed E-state index contributed by atoms with van der Waals surface area (Å²) in [7, 11) is 0. The van der Waals surface area contributed by atoms with E-state index in [4.69, 9.17) is 0 Å². The minimum absolute atomic E-state index is 0.164. The van der Waals surface area contributed by atoms with Gasteiger partial charge in [-0.3, -0.25) is 0 Å². The second-order valence-electron chi connectivity index (χ2n) is 6.06. The molecule has 0 N–H and O–H groups in total. The zero-order valence-electron chi connectivity index (χ0n) is 13.9. The summed E-state index contributed by atoms with van der Waals surface area (Å²) in [6, 6.07) is 29.6. The van der Waals surface area contributed by atoms with Gasteiger partial charge in [0.2, 0.25) is 0 Å². The Labute approximate surface area is 188 Å². The second-order valence-corrected chi connectivity index (χ2v) is 10.0. The predicted molar refractivity (Wildman–Crippen MR) is 126 cm³/mol. The number of rotatable bonds is 6. The molecule has 0 radical (unpaired) electrons. The Morgan fingerprint density at radius 2 is 0.692 bits per heavy atom. The molecule has 0 aromatic heterocycles. The normalized spacial score (nSPS) is 15.8. The lowest BCUT2D eigenvalue weighted by molar-refractivity contribution is 0.873. The van der Waals surface area contributed by atoms with Crippen molar-refractivity contribution >= 4 is 63.7 Å². The van der Waals surface area contributed by atoms with Crippen molar-refractivity contribution in [1.82, 2.24) is 0 Å². The molecule has 0 fully saturated rings. The molecule has 3 rings (SSSR count). The molecule has 0 bridgehead atoms. The fourth-order valence-corrected chi connectivity index (χ4v) is 5.56. The van der Waals surface area contributed by atoms with Crippen LogP contribution >= 0.6 is 63.7 Å². The first-order chi connectivity index (χ1) is 12.6. The highest BCUT2D eigenvalue weighted by Crippen LogP contribution is 2.49. The molecule has 0 spiro atoms. The molecule has 0 unspecified atom stereocenters. The van der Waals surface area contributed by atoms with E-state index in [1.165, 1.54) is 22.3 Å². The molecular weight excluding hydrogens is 584 g/mol. The summed E-state index contributed by atoms with van der Waals surface area (Å²) in [4.78, 5) is 0.707. The maximum atomic E-state index is 3.93. The quantitative estimate of drug-likeness (QED) is 0.248. The summed E-state index contributed by atoms with van der Waals surface area (Å²) >= 11 is 15.6. The standard InChI is InChI=1S/C22H18Br4/c23-19(15-9-3-1-4-10-15)21(25)17-13-7-8-14-18(17)22(26)20(24)16-11-5-2-6-12-16/h1-14,19-22H/t19-,20-,21+,22+/m1/s1. The van der Waals surface area contributed by atoms with Gasteiger partial charge in [-0.05, 0) is 22.3 Å². The third-order valence-electron chi connectivity index (χ3n) is 4.34. The van der Waals surface area contributed by atoms with Gasteiger partial charge < -0.3 is 0 Å². The fraction of sp³-hybridized carbons (Fsp3) is 0.182. The average molecular weight is 602 g/mol. The van der Waals surface area contributed by atoms with Crippen molar-refractivity contribution in [2.24, 2.45) is 0 Å². The molecule has 3 aromatic rings. The van der Waals surface area contributed by atoms with Crippen molar-refractivity contribution in [2.45, 2.75) is 19.3 Å². The zero-order valence-corrected chi connectivity index (χ0v) is 20.2. The first-order valence-corrected chi connectivity index (χ1v) is 12.0. The van der Waals surface area contributed by atoms with E-state index >= 15 is 0 Å². The highest BCUT2D eigenvalue weighted by atomic mass is 79.9. The van der Waals surface area contributed by atoms with Crippen LogP contribution in [0.15, 0.2) is 84.9 Å². The number of alkyl halides is 4. The van der Waals surface area contributed by atoms with E-state index in [0.717, 1.165) is 0 Å². The molecule has 134 valence electrons. The molecule has 4 heteroatoms. The predicted octanol–water partition coefficient (Wildman–Crippen LogP) is 8.83. The van der Waals surface area contributed by atoms with E-state index in [0.29, 0.717) is 0 Å². The third kappa shape index (κ3) is 4.70. The molecule has 0 aliphatic rings. The summed E-state index contributed by atoms with van der Waals surface area (Å²) in [6.45, 7) is 0. The van der Waals surface area contributed by atoms with Crippen LogP contribution in [0.1, 0.15) is 41.6 Å². The van der Waals surface area contributed by atoms with E-state index in [2.05, 4.69) is 137 Å². The molecule has 0 saturated heterocycles. The molecule has 4 atom stereocenters. The van der Waals surface area contributed by atoms with Crippen LogP contribution in [-0.2, 0) is 0 Å². The minimum Gasteiger partial charge on any atom is -0.0823 e. The lowest BCUT2D eigenvalue weighted by atomic mass is 9.95. The summed E-state index contributed by atoms with van der Waals surface area (Å²) in [6.07, 6.45) is 0. The number of benzene rings is 3. The van der Waals surface area contributed by atoms with Gasteiger partial charge in [-0.25, -0.2) is 0 Å². The van der Waals surface area contributed by atoms with Gasteiger partial charge in [-0.2, -0.15) is 0 Å². The molecule has 0 heterocycles. The van der Waals surface area contributed by atoms with Crippen LogP contribution in [0.3, 0.4) is 0 Å². The van der Waals surface area contributed by atoms with Gasteiger partial charge in [0.25, 0.3) is 0 Å². The van der Waals surface area contributed by atoms with Crippen molar-refractivity contribution in [3.63, 3.8) is 0 Å². The Morgan fingerprint density at radius 3 is 1.04 bits per heavy atom. The largest absolute Gasteiger partial charge is 0.0823 e. The molecule has 0 aliphatic heterocycles.